The molecule has 3 amide bonds. The molecule has 6 nitrogen and oxygen atoms in total. The van der Waals surface area contributed by atoms with Gasteiger partial charge in [-0.3, -0.25) is 14.4 Å². The first-order valence-electron chi connectivity index (χ1n) is 9.95. The van der Waals surface area contributed by atoms with Crippen molar-refractivity contribution in [3.63, 3.8) is 0 Å². The van der Waals surface area contributed by atoms with Gasteiger partial charge < -0.3 is 14.7 Å². The van der Waals surface area contributed by atoms with E-state index in [1.54, 1.807) is 26.0 Å². The maximum atomic E-state index is 13.1. The van der Waals surface area contributed by atoms with Crippen LogP contribution in [0.2, 0.25) is 0 Å². The van der Waals surface area contributed by atoms with Gasteiger partial charge in [-0.25, -0.2) is 0 Å². The van der Waals surface area contributed by atoms with Crippen LogP contribution >= 0.6 is 11.3 Å². The molecule has 0 N–H and O–H groups in total. The average Bonchev–Trinajstić information content (AvgIpc) is 3.08. The molecule has 1 atom stereocenters. The Morgan fingerprint density at radius 1 is 1.14 bits per heavy atom. The van der Waals surface area contributed by atoms with Gasteiger partial charge in [-0.2, -0.15) is 0 Å². The van der Waals surface area contributed by atoms with Crippen LogP contribution < -0.4 is 0 Å². The number of piperazine rings is 1. The lowest BCUT2D eigenvalue weighted by atomic mass is 10.1. The van der Waals surface area contributed by atoms with Crippen molar-refractivity contribution in [2.24, 2.45) is 0 Å². The number of aryl methyl sites for hydroxylation is 1. The topological polar surface area (TPSA) is 60.9 Å². The van der Waals surface area contributed by atoms with Gasteiger partial charge in [0.25, 0.3) is 0 Å². The van der Waals surface area contributed by atoms with Crippen LogP contribution in [0, 0.1) is 6.92 Å². The third kappa shape index (κ3) is 4.34. The number of thiophene rings is 1. The van der Waals surface area contributed by atoms with Gasteiger partial charge in [0.05, 0.1) is 6.42 Å². The molecule has 4 rings (SSSR count). The van der Waals surface area contributed by atoms with Crippen molar-refractivity contribution in [2.75, 3.05) is 26.2 Å². The third-order valence-electron chi connectivity index (χ3n) is 5.62. The fraction of sp³-hybridized carbons (Fsp3) is 0.409. The van der Waals surface area contributed by atoms with Crippen LogP contribution in [-0.2, 0) is 27.3 Å². The largest absolute Gasteiger partial charge is 0.341 e. The van der Waals surface area contributed by atoms with Crippen molar-refractivity contribution < 1.29 is 14.4 Å². The molecular formula is C22H25N3O3S. The number of rotatable bonds is 4. The van der Waals surface area contributed by atoms with Crippen LogP contribution in [0.4, 0.5) is 0 Å². The average molecular weight is 412 g/mol. The Morgan fingerprint density at radius 3 is 2.76 bits per heavy atom. The Bertz CT molecular complexity index is 912. The number of nitrogens with zero attached hydrogens (tertiary/aromatic N) is 3. The summed E-state index contributed by atoms with van der Waals surface area (Å²) in [4.78, 5) is 44.7. The first-order chi connectivity index (χ1) is 14.0. The Hall–Kier alpha value is -2.67. The summed E-state index contributed by atoms with van der Waals surface area (Å²) in [7, 11) is 0. The van der Waals surface area contributed by atoms with Crippen molar-refractivity contribution in [1.82, 2.24) is 14.7 Å². The van der Waals surface area contributed by atoms with Crippen molar-refractivity contribution in [3.05, 3.63) is 57.8 Å². The number of fused-ring (bicyclic) bond motifs is 1. The minimum atomic E-state index is -0.472. The number of amides is 3. The summed E-state index contributed by atoms with van der Waals surface area (Å²) in [6, 6.07) is 11.4. The van der Waals surface area contributed by atoms with Crippen LogP contribution in [-0.4, -0.2) is 64.6 Å². The predicted octanol–water partition coefficient (Wildman–Crippen LogP) is 2.07. The van der Waals surface area contributed by atoms with Gasteiger partial charge in [-0.05, 0) is 30.4 Å². The van der Waals surface area contributed by atoms with Gasteiger partial charge in [0.15, 0.2) is 0 Å². The molecule has 0 aliphatic carbocycles. The quantitative estimate of drug-likeness (QED) is 0.774. The van der Waals surface area contributed by atoms with Crippen LogP contribution in [0.5, 0.6) is 0 Å². The molecule has 0 spiro atoms. The molecule has 0 bridgehead atoms. The molecule has 152 valence electrons. The van der Waals surface area contributed by atoms with E-state index in [1.807, 2.05) is 48.7 Å². The molecule has 1 aromatic heterocycles. The molecule has 2 saturated heterocycles. The van der Waals surface area contributed by atoms with Gasteiger partial charge in [0, 0.05) is 31.1 Å². The van der Waals surface area contributed by atoms with E-state index in [4.69, 9.17) is 0 Å². The summed E-state index contributed by atoms with van der Waals surface area (Å²) in [5, 5.41) is 1.96. The summed E-state index contributed by atoms with van der Waals surface area (Å²) in [5.41, 5.74) is 2.16. The predicted molar refractivity (Wildman–Crippen MR) is 111 cm³/mol. The van der Waals surface area contributed by atoms with E-state index < -0.39 is 6.04 Å². The molecule has 1 aromatic carbocycles. The monoisotopic (exact) mass is 411 g/mol. The highest BCUT2D eigenvalue weighted by Gasteiger charge is 2.41. The van der Waals surface area contributed by atoms with Gasteiger partial charge in [-0.15, -0.1) is 11.3 Å². The summed E-state index contributed by atoms with van der Waals surface area (Å²) in [6.45, 7) is 3.97. The van der Waals surface area contributed by atoms with E-state index in [-0.39, 0.29) is 24.3 Å². The van der Waals surface area contributed by atoms with E-state index in [0.29, 0.717) is 39.0 Å². The van der Waals surface area contributed by atoms with Crippen molar-refractivity contribution in [1.29, 1.82) is 0 Å². The second kappa shape index (κ2) is 8.37. The molecule has 0 radical (unpaired) electrons. The van der Waals surface area contributed by atoms with E-state index in [0.717, 1.165) is 16.0 Å². The van der Waals surface area contributed by atoms with Crippen molar-refractivity contribution in [3.8, 4) is 0 Å². The van der Waals surface area contributed by atoms with E-state index in [9.17, 15) is 14.4 Å². The highest BCUT2D eigenvalue weighted by Crippen LogP contribution is 2.22. The van der Waals surface area contributed by atoms with E-state index >= 15 is 0 Å². The molecule has 2 fully saturated rings. The summed E-state index contributed by atoms with van der Waals surface area (Å²) in [5.74, 6) is 0.0114. The maximum Gasteiger partial charge on any atom is 0.246 e. The first-order valence-corrected chi connectivity index (χ1v) is 10.8. The van der Waals surface area contributed by atoms with E-state index in [2.05, 4.69) is 0 Å². The maximum absolute atomic E-state index is 13.1. The zero-order chi connectivity index (χ0) is 20.4. The number of benzene rings is 1. The Labute approximate surface area is 174 Å². The van der Waals surface area contributed by atoms with E-state index in [1.165, 1.54) is 0 Å². The summed E-state index contributed by atoms with van der Waals surface area (Å²) < 4.78 is 0. The van der Waals surface area contributed by atoms with Gasteiger partial charge in [-0.1, -0.05) is 35.9 Å². The zero-order valence-corrected chi connectivity index (χ0v) is 17.4. The van der Waals surface area contributed by atoms with Gasteiger partial charge >= 0.3 is 0 Å². The lowest BCUT2D eigenvalue weighted by Crippen LogP contribution is -2.59. The molecule has 2 aliphatic heterocycles. The Balaban J connectivity index is 1.43. The Morgan fingerprint density at radius 2 is 2.00 bits per heavy atom. The molecule has 1 unspecified atom stereocenters. The standard InChI is InChI=1S/C22H25N3O3S/c1-16-4-2-5-17(12-16)14-24-15-21(27)25-10-9-23(8-7-19(25)22(24)28)20(26)13-18-6-3-11-29-18/h2-6,11-12,19H,7-10,13-15H2,1H3. The molecule has 29 heavy (non-hydrogen) atoms. The number of hydrogen-bond acceptors (Lipinski definition) is 4. The number of carbonyl (C=O) groups is 3. The molecule has 0 saturated carbocycles. The molecule has 2 aliphatic rings. The second-order valence-electron chi connectivity index (χ2n) is 7.71. The molecule has 2 aromatic rings. The van der Waals surface area contributed by atoms with Crippen LogP contribution in [0.25, 0.3) is 0 Å². The zero-order valence-electron chi connectivity index (χ0n) is 16.5. The lowest BCUT2D eigenvalue weighted by Gasteiger charge is -2.39. The second-order valence-corrected chi connectivity index (χ2v) is 8.74. The summed E-state index contributed by atoms with van der Waals surface area (Å²) in [6.07, 6.45) is 0.870. The minimum Gasteiger partial charge on any atom is -0.341 e. The highest BCUT2D eigenvalue weighted by molar-refractivity contribution is 7.10. The molecule has 3 heterocycles. The highest BCUT2D eigenvalue weighted by atomic mass is 32.1. The van der Waals surface area contributed by atoms with Crippen LogP contribution in [0.1, 0.15) is 22.4 Å². The molecule has 7 heteroatoms. The fourth-order valence-corrected chi connectivity index (χ4v) is 4.81. The third-order valence-corrected chi connectivity index (χ3v) is 6.49. The van der Waals surface area contributed by atoms with Crippen molar-refractivity contribution >= 4 is 29.1 Å². The number of hydrogen-bond donors (Lipinski definition) is 0. The first kappa shape index (κ1) is 19.6. The minimum absolute atomic E-state index is 0.0151. The smallest absolute Gasteiger partial charge is 0.246 e. The lowest BCUT2D eigenvalue weighted by molar-refractivity contribution is -0.156. The van der Waals surface area contributed by atoms with Crippen molar-refractivity contribution in [2.45, 2.75) is 32.4 Å². The Kier molecular flexibility index (Phi) is 5.67. The fourth-order valence-electron chi connectivity index (χ4n) is 4.12. The van der Waals surface area contributed by atoms with Gasteiger partial charge in [0.2, 0.25) is 17.7 Å². The van der Waals surface area contributed by atoms with Crippen LogP contribution in [0.15, 0.2) is 41.8 Å². The van der Waals surface area contributed by atoms with Crippen LogP contribution in [0.3, 0.4) is 0 Å². The summed E-state index contributed by atoms with van der Waals surface area (Å²) >= 11 is 1.57. The van der Waals surface area contributed by atoms with Gasteiger partial charge in [0.1, 0.15) is 12.6 Å². The SMILES string of the molecule is Cc1cccc(CN2CC(=O)N3CCN(C(=O)Cc4cccs4)CCC3C2=O)c1. The molecular weight excluding hydrogens is 386 g/mol. The number of carbonyl (C=O) groups excluding carboxylic acids is 3. The normalized spacial score (nSPS) is 19.9.